The van der Waals surface area contributed by atoms with Crippen molar-refractivity contribution in [3.05, 3.63) is 60.3 Å². The molecule has 1 saturated heterocycles. The first-order valence-corrected chi connectivity index (χ1v) is 9.57. The van der Waals surface area contributed by atoms with Crippen molar-refractivity contribution in [2.24, 2.45) is 0 Å². The van der Waals surface area contributed by atoms with E-state index >= 15 is 0 Å². The number of aromatic nitrogens is 1. The quantitative estimate of drug-likeness (QED) is 0.570. The number of nitrogen functional groups attached to an aromatic ring is 1. The van der Waals surface area contributed by atoms with Crippen LogP contribution >= 0.6 is 12.4 Å². The van der Waals surface area contributed by atoms with Gasteiger partial charge in [-0.3, -0.25) is 9.59 Å². The third-order valence-corrected chi connectivity index (χ3v) is 5.09. The topological polar surface area (TPSA) is 118 Å². The maximum Gasteiger partial charge on any atom is 0.259 e. The maximum absolute atomic E-state index is 12.9. The zero-order chi connectivity index (χ0) is 21.3. The van der Waals surface area contributed by atoms with Crippen molar-refractivity contribution >= 4 is 52.2 Å². The van der Waals surface area contributed by atoms with E-state index in [-0.39, 0.29) is 19.0 Å². The van der Waals surface area contributed by atoms with Crippen molar-refractivity contribution in [2.45, 2.75) is 19.1 Å². The minimum Gasteiger partial charge on any atom is -0.383 e. The highest BCUT2D eigenvalue weighted by atomic mass is 35.5. The van der Waals surface area contributed by atoms with Gasteiger partial charge in [-0.25, -0.2) is 4.98 Å². The van der Waals surface area contributed by atoms with Gasteiger partial charge in [0, 0.05) is 29.5 Å². The van der Waals surface area contributed by atoms with Crippen molar-refractivity contribution in [1.82, 2.24) is 4.98 Å². The molecule has 1 aromatic heterocycles. The molecule has 1 aliphatic heterocycles. The number of hydrogen-bond donors (Lipinski definition) is 3. The van der Waals surface area contributed by atoms with Gasteiger partial charge >= 0.3 is 0 Å². The zero-order valence-corrected chi connectivity index (χ0v) is 17.6. The number of carbonyl (C=O) groups excluding carboxylic acids is 2. The summed E-state index contributed by atoms with van der Waals surface area (Å²) >= 11 is 0. The number of pyridine rings is 1. The average Bonchev–Trinajstić information content (AvgIpc) is 2.74. The fourth-order valence-corrected chi connectivity index (χ4v) is 3.45. The van der Waals surface area contributed by atoms with Gasteiger partial charge in [-0.15, -0.1) is 12.4 Å². The summed E-state index contributed by atoms with van der Waals surface area (Å²) in [5, 5.41) is 14.7. The first kappa shape index (κ1) is 22.5. The van der Waals surface area contributed by atoms with Crippen LogP contribution in [-0.4, -0.2) is 47.3 Å². The van der Waals surface area contributed by atoms with Gasteiger partial charge in [0.05, 0.1) is 6.61 Å². The number of nitrogens with zero attached hydrogens (tertiary/aromatic N) is 2. The van der Waals surface area contributed by atoms with E-state index in [1.807, 2.05) is 31.2 Å². The van der Waals surface area contributed by atoms with Crippen LogP contribution in [0.25, 0.3) is 10.8 Å². The summed E-state index contributed by atoms with van der Waals surface area (Å²) in [7, 11) is 0. The summed E-state index contributed by atoms with van der Waals surface area (Å²) < 4.78 is 5.45. The van der Waals surface area contributed by atoms with Crippen molar-refractivity contribution in [3.63, 3.8) is 0 Å². The molecule has 0 saturated carbocycles. The van der Waals surface area contributed by atoms with Crippen LogP contribution in [0.2, 0.25) is 0 Å². The van der Waals surface area contributed by atoms with Crippen molar-refractivity contribution in [3.8, 4) is 0 Å². The molecule has 4 rings (SSSR count). The van der Waals surface area contributed by atoms with Crippen LogP contribution in [-0.2, 0) is 14.3 Å². The molecule has 1 fully saturated rings. The minimum atomic E-state index is -1.65. The molecule has 2 heterocycles. The lowest BCUT2D eigenvalue weighted by Crippen LogP contribution is -2.55. The molecular formula is C22H23ClN4O4. The second kappa shape index (κ2) is 9.30. The van der Waals surface area contributed by atoms with Crippen LogP contribution in [0.5, 0.6) is 0 Å². The largest absolute Gasteiger partial charge is 0.383 e. The lowest BCUT2D eigenvalue weighted by molar-refractivity contribution is -0.150. The number of aliphatic hydroxyl groups is 1. The van der Waals surface area contributed by atoms with Gasteiger partial charge < -0.3 is 25.8 Å². The Morgan fingerprint density at radius 3 is 2.74 bits per heavy atom. The fourth-order valence-electron chi connectivity index (χ4n) is 3.45. The highest BCUT2D eigenvalue weighted by Gasteiger charge is 2.39. The molecule has 0 radical (unpaired) electrons. The van der Waals surface area contributed by atoms with Gasteiger partial charge in [0.1, 0.15) is 5.82 Å². The lowest BCUT2D eigenvalue weighted by Gasteiger charge is -2.34. The Balaban J connectivity index is 0.00000272. The summed E-state index contributed by atoms with van der Waals surface area (Å²) in [4.78, 5) is 31.0. The van der Waals surface area contributed by atoms with Crippen LogP contribution in [0.3, 0.4) is 0 Å². The van der Waals surface area contributed by atoms with Gasteiger partial charge in [0.15, 0.2) is 12.2 Å². The molecule has 1 aliphatic rings. The van der Waals surface area contributed by atoms with E-state index in [1.54, 1.807) is 30.5 Å². The minimum absolute atomic E-state index is 0. The molecule has 0 spiro atoms. The molecule has 31 heavy (non-hydrogen) atoms. The number of rotatable bonds is 4. The van der Waals surface area contributed by atoms with E-state index in [2.05, 4.69) is 10.3 Å². The van der Waals surface area contributed by atoms with Crippen LogP contribution in [0.1, 0.15) is 5.56 Å². The van der Waals surface area contributed by atoms with Crippen LogP contribution in [0.15, 0.2) is 54.7 Å². The maximum atomic E-state index is 12.9. The third kappa shape index (κ3) is 4.61. The summed E-state index contributed by atoms with van der Waals surface area (Å²) in [6, 6.07) is 14.4. The molecule has 8 nitrogen and oxygen atoms in total. The lowest BCUT2D eigenvalue weighted by atomic mass is 10.1. The van der Waals surface area contributed by atoms with Crippen LogP contribution in [0, 0.1) is 6.92 Å². The van der Waals surface area contributed by atoms with Gasteiger partial charge in [-0.05, 0) is 48.7 Å². The highest BCUT2D eigenvalue weighted by molar-refractivity contribution is 6.04. The molecule has 4 N–H and O–H groups in total. The summed E-state index contributed by atoms with van der Waals surface area (Å²) in [6.45, 7) is 2.53. The molecular weight excluding hydrogens is 420 g/mol. The molecule has 0 bridgehead atoms. The number of aryl methyl sites for hydroxylation is 1. The molecule has 2 amide bonds. The first-order chi connectivity index (χ1) is 14.4. The van der Waals surface area contributed by atoms with E-state index in [0.29, 0.717) is 23.7 Å². The number of benzene rings is 2. The Labute approximate surface area is 185 Å². The number of carbonyl (C=O) groups is 2. The number of morpholine rings is 1. The predicted molar refractivity (Wildman–Crippen MR) is 121 cm³/mol. The predicted octanol–water partition coefficient (Wildman–Crippen LogP) is 2.28. The number of amides is 2. The Hall–Kier alpha value is -3.20. The molecule has 3 aromatic rings. The number of hydrogen-bond acceptors (Lipinski definition) is 6. The van der Waals surface area contributed by atoms with E-state index in [1.165, 1.54) is 4.90 Å². The Morgan fingerprint density at radius 1 is 1.26 bits per heavy atom. The SMILES string of the molecule is Cc1ccc(N2CCO[C@H]([C@@H](O)C(=O)Nc3ccc4c(N)nccc4c3)C2=O)cc1.Cl. The fraction of sp³-hybridized carbons (Fsp3) is 0.227. The second-order valence-electron chi connectivity index (χ2n) is 7.18. The number of anilines is 3. The van der Waals surface area contributed by atoms with E-state index in [4.69, 9.17) is 10.5 Å². The van der Waals surface area contributed by atoms with E-state index in [0.717, 1.165) is 16.3 Å². The molecule has 162 valence electrons. The summed E-state index contributed by atoms with van der Waals surface area (Å²) in [6.07, 6.45) is -1.35. The molecule has 0 aliphatic carbocycles. The van der Waals surface area contributed by atoms with Crippen molar-refractivity contribution < 1.29 is 19.4 Å². The van der Waals surface area contributed by atoms with Gasteiger partial charge in [-0.2, -0.15) is 0 Å². The molecule has 2 aromatic carbocycles. The summed E-state index contributed by atoms with van der Waals surface area (Å²) in [5.74, 6) is -0.784. The average molecular weight is 443 g/mol. The smallest absolute Gasteiger partial charge is 0.259 e. The second-order valence-corrected chi connectivity index (χ2v) is 7.18. The Bertz CT molecular complexity index is 1110. The Kier molecular flexibility index (Phi) is 6.74. The third-order valence-electron chi connectivity index (χ3n) is 5.09. The molecule has 9 heteroatoms. The zero-order valence-electron chi connectivity index (χ0n) is 16.8. The number of fused-ring (bicyclic) bond motifs is 1. The number of nitrogens with two attached hydrogens (primary N) is 1. The van der Waals surface area contributed by atoms with E-state index in [9.17, 15) is 14.7 Å². The van der Waals surface area contributed by atoms with Gasteiger partial charge in [0.25, 0.3) is 11.8 Å². The van der Waals surface area contributed by atoms with Crippen LogP contribution in [0.4, 0.5) is 17.2 Å². The summed E-state index contributed by atoms with van der Waals surface area (Å²) in [5.41, 5.74) is 8.08. The molecule has 0 unspecified atom stereocenters. The monoisotopic (exact) mass is 442 g/mol. The van der Waals surface area contributed by atoms with Gasteiger partial charge in [0.2, 0.25) is 0 Å². The van der Waals surface area contributed by atoms with Gasteiger partial charge in [-0.1, -0.05) is 17.7 Å². The highest BCUT2D eigenvalue weighted by Crippen LogP contribution is 2.24. The number of nitrogens with one attached hydrogen (secondary N) is 1. The number of halogens is 1. The molecule has 2 atom stereocenters. The van der Waals surface area contributed by atoms with Crippen LogP contribution < -0.4 is 16.0 Å². The standard InChI is InChI=1S/C22H22N4O4.ClH/c1-13-2-5-16(6-3-13)26-10-11-30-19(22(26)29)18(27)21(28)25-15-4-7-17-14(12-15)8-9-24-20(17)23;/h2-9,12,18-19,27H,10-11H2,1H3,(H2,23,24)(H,25,28);1H/t18-,19-;/m1./s1. The number of aliphatic hydroxyl groups excluding tert-OH is 1. The number of ether oxygens (including phenoxy) is 1. The Morgan fingerprint density at radius 2 is 2.00 bits per heavy atom. The normalized spacial score (nSPS) is 17.2. The first-order valence-electron chi connectivity index (χ1n) is 9.57. The van der Waals surface area contributed by atoms with E-state index < -0.39 is 24.0 Å². The van der Waals surface area contributed by atoms with Crippen molar-refractivity contribution in [2.75, 3.05) is 29.1 Å². The van der Waals surface area contributed by atoms with Crippen molar-refractivity contribution in [1.29, 1.82) is 0 Å².